The summed E-state index contributed by atoms with van der Waals surface area (Å²) in [5.41, 5.74) is 0. The van der Waals surface area contributed by atoms with Gasteiger partial charge in [0.1, 0.15) is 6.29 Å². The van der Waals surface area contributed by atoms with Gasteiger partial charge in [-0.05, 0) is 12.8 Å². The van der Waals surface area contributed by atoms with E-state index in [2.05, 4.69) is 4.74 Å². The zero-order chi connectivity index (χ0) is 8.53. The summed E-state index contributed by atoms with van der Waals surface area (Å²) in [5, 5.41) is 0. The molecule has 1 saturated carbocycles. The maximum atomic E-state index is 10.2. The molecule has 0 N–H and O–H groups in total. The van der Waals surface area contributed by atoms with Crippen LogP contribution >= 0.6 is 0 Å². The van der Waals surface area contributed by atoms with Crippen LogP contribution in [-0.2, 0) is 9.53 Å². The molecule has 0 unspecified atom stereocenters. The van der Waals surface area contributed by atoms with Crippen molar-refractivity contribution < 1.29 is 9.53 Å². The lowest BCUT2D eigenvalue weighted by molar-refractivity contribution is -0.111. The average Bonchev–Trinajstić information content (AvgIpc) is 2.08. The quantitative estimate of drug-likeness (QED) is 0.546. The first-order valence-electron chi connectivity index (χ1n) is 4.20. The minimum Gasteiger partial charge on any atom is -0.388 e. The summed E-state index contributed by atoms with van der Waals surface area (Å²) in [7, 11) is 3.25. The van der Waals surface area contributed by atoms with Gasteiger partial charge in [0.05, 0.1) is 0 Å². The number of carbonyl (C=O) groups excluding carboxylic acids is 1. The van der Waals surface area contributed by atoms with Crippen molar-refractivity contribution in [1.29, 1.82) is 0 Å². The summed E-state index contributed by atoms with van der Waals surface area (Å²) in [5.74, 6) is 0.406. The van der Waals surface area contributed by atoms with Crippen LogP contribution < -0.4 is 0 Å². The minimum absolute atomic E-state index is 0.406. The van der Waals surface area contributed by atoms with Crippen LogP contribution in [-0.4, -0.2) is 20.5 Å². The van der Waals surface area contributed by atoms with E-state index in [1.165, 1.54) is 19.3 Å². The van der Waals surface area contributed by atoms with Gasteiger partial charge in [0, 0.05) is 20.1 Å². The lowest BCUT2D eigenvalue weighted by Gasteiger charge is -2.14. The Morgan fingerprint density at radius 3 is 1.91 bits per heavy atom. The molecule has 1 rings (SSSR count). The Hall–Kier alpha value is -0.370. The van der Waals surface area contributed by atoms with E-state index in [4.69, 9.17) is 0 Å². The molecule has 0 aliphatic heterocycles. The standard InChI is InChI=1S/C7H12O.C2H6O/c8-6-7-4-2-1-3-5-7;1-3-2/h6-7H,1-5H2;1-2H3. The fourth-order valence-electron chi connectivity index (χ4n) is 1.27. The fraction of sp³-hybridized carbons (Fsp3) is 0.889. The highest BCUT2D eigenvalue weighted by Crippen LogP contribution is 2.21. The lowest BCUT2D eigenvalue weighted by atomic mass is 9.91. The van der Waals surface area contributed by atoms with Gasteiger partial charge in [0.25, 0.3) is 0 Å². The van der Waals surface area contributed by atoms with Crippen molar-refractivity contribution >= 4 is 6.29 Å². The molecule has 0 saturated heterocycles. The predicted octanol–water partition coefficient (Wildman–Crippen LogP) is 2.03. The topological polar surface area (TPSA) is 26.3 Å². The summed E-state index contributed by atoms with van der Waals surface area (Å²) in [6.45, 7) is 0. The van der Waals surface area contributed by atoms with E-state index in [-0.39, 0.29) is 0 Å². The van der Waals surface area contributed by atoms with Crippen LogP contribution in [0, 0.1) is 5.92 Å². The fourth-order valence-corrected chi connectivity index (χ4v) is 1.27. The second kappa shape index (κ2) is 7.73. The third kappa shape index (κ3) is 6.05. The molecule has 2 nitrogen and oxygen atoms in total. The van der Waals surface area contributed by atoms with Gasteiger partial charge in [0.2, 0.25) is 0 Å². The Bertz CT molecular complexity index is 85.6. The number of hydrogen-bond acceptors (Lipinski definition) is 2. The molecule has 1 aliphatic carbocycles. The molecule has 0 amide bonds. The molecule has 66 valence electrons. The highest BCUT2D eigenvalue weighted by atomic mass is 16.4. The molecule has 0 atom stereocenters. The first-order chi connectivity index (χ1) is 5.35. The number of methoxy groups -OCH3 is 1. The van der Waals surface area contributed by atoms with Crippen LogP contribution in [0.1, 0.15) is 32.1 Å². The SMILES string of the molecule is COC.O=CC1CCCCC1. The average molecular weight is 158 g/mol. The lowest BCUT2D eigenvalue weighted by Crippen LogP contribution is -2.06. The van der Waals surface area contributed by atoms with Gasteiger partial charge in [0.15, 0.2) is 0 Å². The molecular formula is C9H18O2. The first kappa shape index (κ1) is 10.6. The summed E-state index contributed by atoms with van der Waals surface area (Å²) in [6.07, 6.45) is 7.27. The van der Waals surface area contributed by atoms with Crippen molar-refractivity contribution in [1.82, 2.24) is 0 Å². The van der Waals surface area contributed by atoms with Crippen LogP contribution in [0.3, 0.4) is 0 Å². The Morgan fingerprint density at radius 2 is 1.64 bits per heavy atom. The summed E-state index contributed by atoms with van der Waals surface area (Å²) in [4.78, 5) is 10.2. The number of carbonyl (C=O) groups is 1. The van der Waals surface area contributed by atoms with Gasteiger partial charge in [-0.3, -0.25) is 0 Å². The normalized spacial score (nSPS) is 18.4. The van der Waals surface area contributed by atoms with Crippen LogP contribution in [0.2, 0.25) is 0 Å². The van der Waals surface area contributed by atoms with Gasteiger partial charge in [-0.1, -0.05) is 19.3 Å². The van der Waals surface area contributed by atoms with Crippen molar-refractivity contribution in [3.8, 4) is 0 Å². The third-order valence-corrected chi connectivity index (χ3v) is 1.84. The predicted molar refractivity (Wildman–Crippen MR) is 45.6 cm³/mol. The van der Waals surface area contributed by atoms with Gasteiger partial charge in [-0.15, -0.1) is 0 Å². The Kier molecular flexibility index (Phi) is 7.47. The summed E-state index contributed by atoms with van der Waals surface area (Å²) >= 11 is 0. The van der Waals surface area contributed by atoms with Crippen LogP contribution in [0.15, 0.2) is 0 Å². The highest BCUT2D eigenvalue weighted by Gasteiger charge is 2.10. The number of aldehydes is 1. The molecular weight excluding hydrogens is 140 g/mol. The van der Waals surface area contributed by atoms with E-state index < -0.39 is 0 Å². The largest absolute Gasteiger partial charge is 0.388 e. The Labute approximate surface area is 68.9 Å². The van der Waals surface area contributed by atoms with Crippen molar-refractivity contribution in [2.24, 2.45) is 5.92 Å². The van der Waals surface area contributed by atoms with E-state index in [0.29, 0.717) is 5.92 Å². The van der Waals surface area contributed by atoms with Crippen LogP contribution in [0.4, 0.5) is 0 Å². The molecule has 0 radical (unpaired) electrons. The van der Waals surface area contributed by atoms with Gasteiger partial charge >= 0.3 is 0 Å². The highest BCUT2D eigenvalue weighted by molar-refractivity contribution is 5.53. The maximum Gasteiger partial charge on any atom is 0.123 e. The number of rotatable bonds is 1. The van der Waals surface area contributed by atoms with E-state index in [1.807, 2.05) is 0 Å². The molecule has 0 spiro atoms. The Balaban J connectivity index is 0.000000292. The van der Waals surface area contributed by atoms with Gasteiger partial charge in [-0.2, -0.15) is 0 Å². The molecule has 0 aromatic heterocycles. The van der Waals surface area contributed by atoms with E-state index in [0.717, 1.165) is 19.1 Å². The van der Waals surface area contributed by atoms with Crippen molar-refractivity contribution in [3.05, 3.63) is 0 Å². The summed E-state index contributed by atoms with van der Waals surface area (Å²) in [6, 6.07) is 0. The molecule has 0 bridgehead atoms. The van der Waals surface area contributed by atoms with E-state index in [9.17, 15) is 4.79 Å². The second-order valence-electron chi connectivity index (χ2n) is 2.94. The molecule has 0 heterocycles. The number of ether oxygens (including phenoxy) is 1. The van der Waals surface area contributed by atoms with Crippen molar-refractivity contribution in [2.75, 3.05) is 14.2 Å². The summed E-state index contributed by atoms with van der Waals surface area (Å²) < 4.78 is 4.25. The van der Waals surface area contributed by atoms with Crippen molar-refractivity contribution in [2.45, 2.75) is 32.1 Å². The van der Waals surface area contributed by atoms with Gasteiger partial charge < -0.3 is 9.53 Å². The molecule has 11 heavy (non-hydrogen) atoms. The molecule has 0 aromatic rings. The minimum atomic E-state index is 0.406. The van der Waals surface area contributed by atoms with Crippen molar-refractivity contribution in [3.63, 3.8) is 0 Å². The van der Waals surface area contributed by atoms with E-state index >= 15 is 0 Å². The first-order valence-corrected chi connectivity index (χ1v) is 4.20. The van der Waals surface area contributed by atoms with Gasteiger partial charge in [-0.25, -0.2) is 0 Å². The molecule has 1 aliphatic rings. The zero-order valence-corrected chi connectivity index (χ0v) is 7.51. The van der Waals surface area contributed by atoms with E-state index in [1.54, 1.807) is 14.2 Å². The molecule has 2 heteroatoms. The Morgan fingerprint density at radius 1 is 1.18 bits per heavy atom. The van der Waals surface area contributed by atoms with Crippen LogP contribution in [0.5, 0.6) is 0 Å². The third-order valence-electron chi connectivity index (χ3n) is 1.84. The second-order valence-corrected chi connectivity index (χ2v) is 2.94. The molecule has 0 aromatic carbocycles. The number of hydrogen-bond donors (Lipinski definition) is 0. The monoisotopic (exact) mass is 158 g/mol. The maximum absolute atomic E-state index is 10.2. The smallest absolute Gasteiger partial charge is 0.123 e. The molecule has 1 fully saturated rings. The zero-order valence-electron chi connectivity index (χ0n) is 7.51. The van der Waals surface area contributed by atoms with Crippen LogP contribution in [0.25, 0.3) is 0 Å².